The highest BCUT2D eigenvalue weighted by atomic mass is 32.2. The molecule has 2 saturated heterocycles. The van der Waals surface area contributed by atoms with Crippen LogP contribution in [0.5, 0.6) is 5.75 Å². The molecule has 0 radical (unpaired) electrons. The lowest BCUT2D eigenvalue weighted by Crippen LogP contribution is -2.46. The van der Waals surface area contributed by atoms with Crippen molar-refractivity contribution >= 4 is 15.9 Å². The van der Waals surface area contributed by atoms with Crippen LogP contribution >= 0.6 is 0 Å². The van der Waals surface area contributed by atoms with E-state index in [1.165, 1.54) is 12.1 Å². The standard InChI is InChI=1S/C25H31F3N2O6S/c1-34-17-4-18-35-20-9-7-19(8-10-20)30-16-13-24(23(30)31)11-14-29(15-12-24)37(32,33)22-6-3-2-5-21(22)36-25(26,27)28/h2-3,5-9,20H,4,10-18H2,1H3. The maximum Gasteiger partial charge on any atom is 0.573 e. The number of rotatable bonds is 9. The van der Waals surface area contributed by atoms with Gasteiger partial charge in [0, 0.05) is 45.7 Å². The lowest BCUT2D eigenvalue weighted by molar-refractivity contribution is -0.275. The first kappa shape index (κ1) is 27.6. The van der Waals surface area contributed by atoms with Crippen LogP contribution in [0.15, 0.2) is 53.1 Å². The molecule has 37 heavy (non-hydrogen) atoms. The van der Waals surface area contributed by atoms with Crippen LogP contribution in [0, 0.1) is 5.41 Å². The minimum Gasteiger partial charge on any atom is -0.404 e. The number of likely N-dealkylation sites (tertiary alicyclic amines) is 1. The molecule has 12 heteroatoms. The molecule has 3 aliphatic rings. The van der Waals surface area contributed by atoms with Crippen molar-refractivity contribution in [3.63, 3.8) is 0 Å². The second-order valence-corrected chi connectivity index (χ2v) is 11.3. The van der Waals surface area contributed by atoms with Crippen LogP contribution in [-0.2, 0) is 24.3 Å². The van der Waals surface area contributed by atoms with E-state index >= 15 is 0 Å². The topological polar surface area (TPSA) is 85.4 Å². The molecule has 1 aromatic carbocycles. The van der Waals surface area contributed by atoms with Crippen molar-refractivity contribution in [3.05, 3.63) is 48.2 Å². The summed E-state index contributed by atoms with van der Waals surface area (Å²) in [7, 11) is -2.60. The van der Waals surface area contributed by atoms with Crippen molar-refractivity contribution in [1.29, 1.82) is 0 Å². The number of hydrogen-bond acceptors (Lipinski definition) is 6. The molecule has 1 spiro atoms. The maximum absolute atomic E-state index is 13.4. The Labute approximate surface area is 214 Å². The van der Waals surface area contributed by atoms with Gasteiger partial charge < -0.3 is 19.1 Å². The highest BCUT2D eigenvalue weighted by Gasteiger charge is 2.50. The molecule has 2 heterocycles. The fourth-order valence-electron chi connectivity index (χ4n) is 5.05. The van der Waals surface area contributed by atoms with E-state index in [1.54, 1.807) is 12.0 Å². The number of allylic oxidation sites excluding steroid dienone is 1. The fourth-order valence-corrected chi connectivity index (χ4v) is 6.60. The van der Waals surface area contributed by atoms with E-state index < -0.39 is 32.4 Å². The molecule has 1 unspecified atom stereocenters. The molecule has 204 valence electrons. The van der Waals surface area contributed by atoms with Gasteiger partial charge in [0.1, 0.15) is 10.6 Å². The van der Waals surface area contributed by atoms with E-state index in [0.717, 1.165) is 28.6 Å². The summed E-state index contributed by atoms with van der Waals surface area (Å²) in [6, 6.07) is 4.70. The summed E-state index contributed by atoms with van der Waals surface area (Å²) in [4.78, 5) is 14.6. The first-order chi connectivity index (χ1) is 17.6. The molecule has 2 aliphatic heterocycles. The highest BCUT2D eigenvalue weighted by Crippen LogP contribution is 2.44. The molecule has 1 amide bonds. The molecule has 0 saturated carbocycles. The molecule has 1 aliphatic carbocycles. The van der Waals surface area contributed by atoms with Gasteiger partial charge in [-0.2, -0.15) is 4.31 Å². The number of nitrogens with zero attached hydrogens (tertiary/aromatic N) is 2. The highest BCUT2D eigenvalue weighted by molar-refractivity contribution is 7.89. The molecule has 1 atom stereocenters. The smallest absolute Gasteiger partial charge is 0.404 e. The number of benzene rings is 1. The monoisotopic (exact) mass is 544 g/mol. The van der Waals surface area contributed by atoms with Crippen LogP contribution in [0.25, 0.3) is 0 Å². The van der Waals surface area contributed by atoms with E-state index in [4.69, 9.17) is 9.47 Å². The zero-order valence-corrected chi connectivity index (χ0v) is 21.4. The van der Waals surface area contributed by atoms with Gasteiger partial charge in [-0.1, -0.05) is 24.3 Å². The average molecular weight is 545 g/mol. The molecular formula is C25H31F3N2O6S. The van der Waals surface area contributed by atoms with Crippen molar-refractivity contribution in [2.45, 2.75) is 49.5 Å². The van der Waals surface area contributed by atoms with Crippen LogP contribution in [0.2, 0.25) is 0 Å². The quantitative estimate of drug-likeness (QED) is 0.439. The lowest BCUT2D eigenvalue weighted by atomic mass is 9.77. The Morgan fingerprint density at radius 2 is 1.78 bits per heavy atom. The Bertz CT molecular complexity index is 1140. The summed E-state index contributed by atoms with van der Waals surface area (Å²) in [5.41, 5.74) is 0.128. The predicted molar refractivity (Wildman–Crippen MR) is 128 cm³/mol. The molecule has 1 aromatic rings. The Hall–Kier alpha value is -2.41. The van der Waals surface area contributed by atoms with Crippen molar-refractivity contribution in [3.8, 4) is 5.75 Å². The second kappa shape index (κ2) is 11.1. The zero-order valence-electron chi connectivity index (χ0n) is 20.6. The number of halogens is 3. The first-order valence-corrected chi connectivity index (χ1v) is 13.7. The number of sulfonamides is 1. The number of carbonyl (C=O) groups excluding carboxylic acids is 1. The summed E-state index contributed by atoms with van der Waals surface area (Å²) in [6.45, 7) is 1.82. The number of carbonyl (C=O) groups is 1. The number of methoxy groups -OCH3 is 1. The van der Waals surface area contributed by atoms with Gasteiger partial charge in [0.25, 0.3) is 0 Å². The van der Waals surface area contributed by atoms with E-state index in [0.29, 0.717) is 45.4 Å². The summed E-state index contributed by atoms with van der Waals surface area (Å²) in [5, 5.41) is 0. The Morgan fingerprint density at radius 1 is 1.08 bits per heavy atom. The second-order valence-electron chi connectivity index (χ2n) is 9.37. The Kier molecular flexibility index (Phi) is 8.32. The maximum atomic E-state index is 13.4. The van der Waals surface area contributed by atoms with Gasteiger partial charge in [0.05, 0.1) is 11.5 Å². The van der Waals surface area contributed by atoms with Gasteiger partial charge >= 0.3 is 6.36 Å². The van der Waals surface area contributed by atoms with Gasteiger partial charge in [-0.05, 0) is 50.3 Å². The van der Waals surface area contributed by atoms with Crippen molar-refractivity contribution in [2.24, 2.45) is 5.41 Å². The largest absolute Gasteiger partial charge is 0.573 e. The summed E-state index contributed by atoms with van der Waals surface area (Å²) in [6.07, 6.45) is 3.39. The van der Waals surface area contributed by atoms with Crippen molar-refractivity contribution in [2.75, 3.05) is 40.0 Å². The third-order valence-corrected chi connectivity index (χ3v) is 9.00. The molecule has 8 nitrogen and oxygen atoms in total. The van der Waals surface area contributed by atoms with Crippen LogP contribution < -0.4 is 4.74 Å². The number of piperidine rings is 1. The normalized spacial score (nSPS) is 22.5. The molecule has 4 rings (SSSR count). The number of para-hydroxylation sites is 1. The molecule has 0 aromatic heterocycles. The molecule has 2 fully saturated rings. The van der Waals surface area contributed by atoms with E-state index in [1.807, 2.05) is 18.2 Å². The summed E-state index contributed by atoms with van der Waals surface area (Å²) in [5.74, 6) is -0.809. The average Bonchev–Trinajstić information content (AvgIpc) is 3.17. The van der Waals surface area contributed by atoms with Gasteiger partial charge in [0.2, 0.25) is 15.9 Å². The molecule has 0 N–H and O–H groups in total. The first-order valence-electron chi connectivity index (χ1n) is 12.2. The van der Waals surface area contributed by atoms with Crippen LogP contribution in [0.1, 0.15) is 32.1 Å². The predicted octanol–water partition coefficient (Wildman–Crippen LogP) is 3.85. The third-order valence-electron chi connectivity index (χ3n) is 7.06. The lowest BCUT2D eigenvalue weighted by Gasteiger charge is -2.37. The third kappa shape index (κ3) is 6.19. The van der Waals surface area contributed by atoms with Crippen LogP contribution in [-0.4, -0.2) is 76.0 Å². The number of alkyl halides is 3. The zero-order chi connectivity index (χ0) is 26.7. The minimum atomic E-state index is -5.02. The van der Waals surface area contributed by atoms with Gasteiger partial charge in [-0.3, -0.25) is 4.79 Å². The van der Waals surface area contributed by atoms with Crippen molar-refractivity contribution in [1.82, 2.24) is 9.21 Å². The minimum absolute atomic E-state index is 0.0363. The fraction of sp³-hybridized carbons (Fsp3) is 0.560. The number of ether oxygens (including phenoxy) is 3. The van der Waals surface area contributed by atoms with E-state index in [9.17, 15) is 26.4 Å². The van der Waals surface area contributed by atoms with E-state index in [2.05, 4.69) is 4.74 Å². The Morgan fingerprint density at radius 3 is 2.43 bits per heavy atom. The number of amides is 1. The SMILES string of the molecule is COCCCOC1C=CC(N2CCC3(CCN(S(=O)(=O)c4ccccc4OC(F)(F)F)CC3)C2=O)=CC1. The molecular weight excluding hydrogens is 513 g/mol. The van der Waals surface area contributed by atoms with Crippen LogP contribution in [0.4, 0.5) is 13.2 Å². The summed E-state index contributed by atoms with van der Waals surface area (Å²) >= 11 is 0. The summed E-state index contributed by atoms with van der Waals surface area (Å²) < 4.78 is 80.6. The van der Waals surface area contributed by atoms with Crippen molar-refractivity contribution < 1.29 is 40.6 Å². The molecule has 0 bridgehead atoms. The Balaban J connectivity index is 1.37. The van der Waals surface area contributed by atoms with Gasteiger partial charge in [-0.15, -0.1) is 13.2 Å². The van der Waals surface area contributed by atoms with E-state index in [-0.39, 0.29) is 25.1 Å². The number of hydrogen-bond donors (Lipinski definition) is 0. The van der Waals surface area contributed by atoms with Gasteiger partial charge in [-0.25, -0.2) is 8.42 Å². The van der Waals surface area contributed by atoms with Gasteiger partial charge in [0.15, 0.2) is 0 Å². The van der Waals surface area contributed by atoms with Crippen LogP contribution in [0.3, 0.4) is 0 Å².